The highest BCUT2D eigenvalue weighted by Crippen LogP contribution is 2.25. The number of anilines is 1. The summed E-state index contributed by atoms with van der Waals surface area (Å²) in [5, 5.41) is 11.4. The smallest absolute Gasteiger partial charge is 0.339 e. The molecule has 1 heterocycles. The summed E-state index contributed by atoms with van der Waals surface area (Å²) in [6, 6.07) is 18.6. The van der Waals surface area contributed by atoms with Crippen LogP contribution in [-0.2, 0) is 11.3 Å². The number of aromatic nitrogens is 1. The summed E-state index contributed by atoms with van der Waals surface area (Å²) in [6.07, 6.45) is 0. The van der Waals surface area contributed by atoms with Crippen LogP contribution in [0.15, 0.2) is 60.7 Å². The second-order valence-electron chi connectivity index (χ2n) is 6.47. The van der Waals surface area contributed by atoms with Crippen molar-refractivity contribution >= 4 is 29.1 Å². The number of ether oxygens (including phenoxy) is 2. The molecule has 7 heteroatoms. The van der Waals surface area contributed by atoms with E-state index in [0.717, 1.165) is 17.1 Å². The van der Waals surface area contributed by atoms with E-state index in [1.165, 1.54) is 6.07 Å². The van der Waals surface area contributed by atoms with E-state index >= 15 is 0 Å². The van der Waals surface area contributed by atoms with Crippen molar-refractivity contribution in [2.45, 2.75) is 20.4 Å². The Balaban J connectivity index is 1.76. The van der Waals surface area contributed by atoms with Gasteiger partial charge in [0.2, 0.25) is 0 Å². The zero-order valence-corrected chi connectivity index (χ0v) is 17.5. The van der Waals surface area contributed by atoms with Crippen LogP contribution in [0.4, 0.5) is 5.82 Å². The molecule has 0 fully saturated rings. The molecule has 0 spiro atoms. The van der Waals surface area contributed by atoms with Crippen LogP contribution in [0.3, 0.4) is 0 Å². The van der Waals surface area contributed by atoms with Gasteiger partial charge >= 0.3 is 5.97 Å². The Kier molecular flexibility index (Phi) is 7.03. The first-order valence-electron chi connectivity index (χ1n) is 9.46. The van der Waals surface area contributed by atoms with Gasteiger partial charge in [-0.1, -0.05) is 41.9 Å². The standard InChI is InChI=1S/C23H22ClN3O3/c1-3-29-23(28)19-13-20(24)27-22(21(19)15(2)25)26-14-16-9-11-18(12-10-16)30-17-7-5-4-6-8-17/h4-13,25H,3,14H2,1-2H3,(H,26,27). The molecular weight excluding hydrogens is 402 g/mol. The van der Waals surface area contributed by atoms with Gasteiger partial charge in [-0.25, -0.2) is 9.78 Å². The fourth-order valence-electron chi connectivity index (χ4n) is 2.88. The van der Waals surface area contributed by atoms with Gasteiger partial charge in [0, 0.05) is 12.3 Å². The minimum atomic E-state index is -0.533. The molecule has 0 amide bonds. The first-order valence-corrected chi connectivity index (χ1v) is 9.84. The molecule has 2 aromatic carbocycles. The van der Waals surface area contributed by atoms with Crippen LogP contribution in [0.25, 0.3) is 0 Å². The highest BCUT2D eigenvalue weighted by Gasteiger charge is 2.20. The molecule has 3 aromatic rings. The molecule has 1 aromatic heterocycles. The number of nitrogens with one attached hydrogen (secondary N) is 2. The highest BCUT2D eigenvalue weighted by molar-refractivity contribution is 6.30. The third-order valence-corrected chi connectivity index (χ3v) is 4.41. The summed E-state index contributed by atoms with van der Waals surface area (Å²) < 4.78 is 10.9. The molecule has 0 bridgehead atoms. The normalized spacial score (nSPS) is 10.4. The maximum Gasteiger partial charge on any atom is 0.339 e. The molecule has 0 aliphatic carbocycles. The van der Waals surface area contributed by atoms with Crippen molar-refractivity contribution in [2.24, 2.45) is 0 Å². The van der Waals surface area contributed by atoms with Crippen molar-refractivity contribution in [3.8, 4) is 11.5 Å². The number of para-hydroxylation sites is 1. The number of hydrogen-bond donors (Lipinski definition) is 2. The van der Waals surface area contributed by atoms with E-state index in [-0.39, 0.29) is 23.0 Å². The maximum absolute atomic E-state index is 12.3. The Hall–Kier alpha value is -3.38. The Morgan fingerprint density at radius 3 is 2.40 bits per heavy atom. The van der Waals surface area contributed by atoms with Gasteiger partial charge in [0.05, 0.1) is 17.7 Å². The van der Waals surface area contributed by atoms with Crippen LogP contribution in [0.5, 0.6) is 11.5 Å². The van der Waals surface area contributed by atoms with Crippen LogP contribution in [-0.4, -0.2) is 23.3 Å². The summed E-state index contributed by atoms with van der Waals surface area (Å²) in [7, 11) is 0. The molecule has 0 aliphatic rings. The molecule has 0 radical (unpaired) electrons. The molecule has 6 nitrogen and oxygen atoms in total. The van der Waals surface area contributed by atoms with Crippen molar-refractivity contribution in [1.82, 2.24) is 4.98 Å². The van der Waals surface area contributed by atoms with Crippen molar-refractivity contribution in [1.29, 1.82) is 5.41 Å². The van der Waals surface area contributed by atoms with Gasteiger partial charge < -0.3 is 20.2 Å². The monoisotopic (exact) mass is 423 g/mol. The third-order valence-electron chi connectivity index (χ3n) is 4.22. The minimum Gasteiger partial charge on any atom is -0.462 e. The molecule has 0 saturated carbocycles. The predicted molar refractivity (Wildman–Crippen MR) is 118 cm³/mol. The molecule has 2 N–H and O–H groups in total. The lowest BCUT2D eigenvalue weighted by Gasteiger charge is -2.15. The van der Waals surface area contributed by atoms with Gasteiger partial charge in [-0.05, 0) is 49.7 Å². The molecule has 3 rings (SSSR count). The molecular formula is C23H22ClN3O3. The quantitative estimate of drug-likeness (QED) is 0.275. The lowest BCUT2D eigenvalue weighted by atomic mass is 10.0. The molecule has 30 heavy (non-hydrogen) atoms. The van der Waals surface area contributed by atoms with Gasteiger partial charge in [0.1, 0.15) is 22.5 Å². The Morgan fingerprint density at radius 2 is 1.77 bits per heavy atom. The van der Waals surface area contributed by atoms with Crippen molar-refractivity contribution in [3.05, 3.63) is 82.5 Å². The zero-order valence-electron chi connectivity index (χ0n) is 16.7. The van der Waals surface area contributed by atoms with Gasteiger partial charge in [0.25, 0.3) is 0 Å². The van der Waals surface area contributed by atoms with Crippen LogP contribution in [0, 0.1) is 5.41 Å². The Labute approximate surface area is 180 Å². The van der Waals surface area contributed by atoms with E-state index in [1.807, 2.05) is 54.6 Å². The van der Waals surface area contributed by atoms with E-state index in [0.29, 0.717) is 17.9 Å². The first-order chi connectivity index (χ1) is 14.5. The number of halogens is 1. The molecule has 0 aliphatic heterocycles. The number of benzene rings is 2. The molecule has 0 saturated heterocycles. The number of carbonyl (C=O) groups excluding carboxylic acids is 1. The van der Waals surface area contributed by atoms with Crippen LogP contribution in [0.2, 0.25) is 5.15 Å². The van der Waals surface area contributed by atoms with E-state index < -0.39 is 5.97 Å². The highest BCUT2D eigenvalue weighted by atomic mass is 35.5. The summed E-state index contributed by atoms with van der Waals surface area (Å²) in [5.74, 6) is 1.33. The fourth-order valence-corrected chi connectivity index (χ4v) is 3.07. The number of pyridine rings is 1. The zero-order chi connectivity index (χ0) is 21.5. The van der Waals surface area contributed by atoms with E-state index in [4.69, 9.17) is 26.5 Å². The second kappa shape index (κ2) is 9.89. The maximum atomic E-state index is 12.3. The summed E-state index contributed by atoms with van der Waals surface area (Å²) in [5.41, 5.74) is 1.76. The van der Waals surface area contributed by atoms with E-state index in [9.17, 15) is 4.79 Å². The van der Waals surface area contributed by atoms with Crippen molar-refractivity contribution in [2.75, 3.05) is 11.9 Å². The Bertz CT molecular complexity index is 1040. The van der Waals surface area contributed by atoms with Crippen LogP contribution in [0.1, 0.15) is 35.3 Å². The largest absolute Gasteiger partial charge is 0.462 e. The lowest BCUT2D eigenvalue weighted by Crippen LogP contribution is -2.15. The average Bonchev–Trinajstić information content (AvgIpc) is 2.73. The summed E-state index contributed by atoms with van der Waals surface area (Å²) in [6.45, 7) is 3.98. The summed E-state index contributed by atoms with van der Waals surface area (Å²) in [4.78, 5) is 16.6. The van der Waals surface area contributed by atoms with Crippen LogP contribution < -0.4 is 10.1 Å². The molecule has 0 atom stereocenters. The number of hydrogen-bond acceptors (Lipinski definition) is 6. The number of esters is 1. The second-order valence-corrected chi connectivity index (χ2v) is 6.86. The number of nitrogens with zero attached hydrogens (tertiary/aromatic N) is 1. The first kappa shape index (κ1) is 21.3. The molecule has 0 unspecified atom stereocenters. The number of carbonyl (C=O) groups is 1. The average molecular weight is 424 g/mol. The van der Waals surface area contributed by atoms with Gasteiger partial charge in [-0.3, -0.25) is 0 Å². The number of rotatable bonds is 8. The minimum absolute atomic E-state index is 0.150. The van der Waals surface area contributed by atoms with Crippen molar-refractivity contribution < 1.29 is 14.3 Å². The van der Waals surface area contributed by atoms with Gasteiger partial charge in [-0.15, -0.1) is 0 Å². The summed E-state index contributed by atoms with van der Waals surface area (Å²) >= 11 is 6.10. The van der Waals surface area contributed by atoms with E-state index in [2.05, 4.69) is 10.3 Å². The van der Waals surface area contributed by atoms with Gasteiger partial charge in [-0.2, -0.15) is 0 Å². The third kappa shape index (κ3) is 5.36. The SMILES string of the molecule is CCOC(=O)c1cc(Cl)nc(NCc2ccc(Oc3ccccc3)cc2)c1C(C)=N. The predicted octanol–water partition coefficient (Wildman–Crippen LogP) is 5.70. The lowest BCUT2D eigenvalue weighted by molar-refractivity contribution is 0.0526. The van der Waals surface area contributed by atoms with E-state index in [1.54, 1.807) is 13.8 Å². The van der Waals surface area contributed by atoms with Crippen LogP contribution >= 0.6 is 11.6 Å². The van der Waals surface area contributed by atoms with Gasteiger partial charge in [0.15, 0.2) is 0 Å². The molecule has 154 valence electrons. The fraction of sp³-hybridized carbons (Fsp3) is 0.174. The topological polar surface area (TPSA) is 84.3 Å². The Morgan fingerprint density at radius 1 is 1.10 bits per heavy atom. The van der Waals surface area contributed by atoms with Crippen molar-refractivity contribution in [3.63, 3.8) is 0 Å².